The summed E-state index contributed by atoms with van der Waals surface area (Å²) >= 11 is 5.44. The quantitative estimate of drug-likeness (QED) is 0.437. The summed E-state index contributed by atoms with van der Waals surface area (Å²) in [6, 6.07) is 6.98. The Morgan fingerprint density at radius 2 is 2.33 bits per heavy atom. The van der Waals surface area contributed by atoms with Gasteiger partial charge in [0.15, 0.2) is 0 Å². The molecule has 1 aromatic carbocycles. The Morgan fingerprint density at radius 3 is 3.00 bits per heavy atom. The van der Waals surface area contributed by atoms with Crippen LogP contribution in [0.2, 0.25) is 0 Å². The second-order valence-electron chi connectivity index (χ2n) is 2.74. The molecule has 0 heterocycles. The molecule has 0 saturated heterocycles. The van der Waals surface area contributed by atoms with Crippen LogP contribution < -0.4 is 0 Å². The maximum atomic E-state index is 11.4. The topological polar surface area (TPSA) is 26.3 Å². The molecular weight excluding hydrogens is 212 g/mol. The van der Waals surface area contributed by atoms with Gasteiger partial charge in [-0.2, -0.15) is 0 Å². The van der Waals surface area contributed by atoms with Gasteiger partial charge in [0.25, 0.3) is 0 Å². The van der Waals surface area contributed by atoms with Crippen molar-refractivity contribution in [3.05, 3.63) is 35.4 Å². The zero-order valence-corrected chi connectivity index (χ0v) is 9.17. The van der Waals surface area contributed by atoms with Gasteiger partial charge in [-0.3, -0.25) is 0 Å². The molecule has 0 aliphatic carbocycles. The summed E-state index contributed by atoms with van der Waals surface area (Å²) < 4.78 is 4.87. The lowest BCUT2D eigenvalue weighted by atomic mass is 10.1. The molecule has 0 atom stereocenters. The predicted molar refractivity (Wildman–Crippen MR) is 60.0 cm³/mol. The van der Waals surface area contributed by atoms with Crippen molar-refractivity contribution in [2.45, 2.75) is 6.92 Å². The second-order valence-corrected chi connectivity index (χ2v) is 3.00. The lowest BCUT2D eigenvalue weighted by molar-refractivity contribution is 0.0526. The van der Waals surface area contributed by atoms with Crippen LogP contribution in [-0.2, 0) is 4.74 Å². The minimum Gasteiger partial charge on any atom is -0.462 e. The van der Waals surface area contributed by atoms with Gasteiger partial charge < -0.3 is 4.74 Å². The molecule has 3 heteroatoms. The van der Waals surface area contributed by atoms with Gasteiger partial charge in [0, 0.05) is 5.56 Å². The zero-order valence-electron chi connectivity index (χ0n) is 8.42. The van der Waals surface area contributed by atoms with Crippen molar-refractivity contribution >= 4 is 17.6 Å². The van der Waals surface area contributed by atoms with Crippen molar-refractivity contribution < 1.29 is 9.53 Å². The van der Waals surface area contributed by atoms with E-state index in [1.54, 1.807) is 25.1 Å². The number of rotatable bonds is 2. The maximum absolute atomic E-state index is 11.4. The summed E-state index contributed by atoms with van der Waals surface area (Å²) in [6.07, 6.45) is 0. The average molecular weight is 223 g/mol. The van der Waals surface area contributed by atoms with E-state index in [9.17, 15) is 4.79 Å². The lowest BCUT2D eigenvalue weighted by Gasteiger charge is -2.01. The van der Waals surface area contributed by atoms with Gasteiger partial charge in [-0.1, -0.05) is 17.9 Å². The molecular formula is C12H11ClO2. The van der Waals surface area contributed by atoms with Crippen LogP contribution in [0.1, 0.15) is 22.8 Å². The largest absolute Gasteiger partial charge is 0.462 e. The van der Waals surface area contributed by atoms with E-state index >= 15 is 0 Å². The Hall–Kier alpha value is -1.46. The van der Waals surface area contributed by atoms with Crippen LogP contribution in [0.5, 0.6) is 0 Å². The molecule has 1 aromatic rings. The molecule has 0 saturated carbocycles. The Labute approximate surface area is 94.2 Å². The van der Waals surface area contributed by atoms with E-state index in [4.69, 9.17) is 16.3 Å². The number of carbonyl (C=O) groups is 1. The molecule has 78 valence electrons. The van der Waals surface area contributed by atoms with Crippen LogP contribution >= 0.6 is 11.6 Å². The minimum absolute atomic E-state index is 0.281. The molecule has 0 radical (unpaired) electrons. The van der Waals surface area contributed by atoms with Crippen molar-refractivity contribution in [3.63, 3.8) is 0 Å². The summed E-state index contributed by atoms with van der Waals surface area (Å²) in [5, 5.41) is 0. The van der Waals surface area contributed by atoms with Crippen LogP contribution in [0, 0.1) is 11.8 Å². The van der Waals surface area contributed by atoms with Gasteiger partial charge in [-0.15, -0.1) is 11.6 Å². The van der Waals surface area contributed by atoms with Gasteiger partial charge in [-0.05, 0) is 25.1 Å². The molecule has 0 fully saturated rings. The average Bonchev–Trinajstić information content (AvgIpc) is 2.27. The fourth-order valence-electron chi connectivity index (χ4n) is 1.07. The van der Waals surface area contributed by atoms with E-state index in [-0.39, 0.29) is 11.8 Å². The van der Waals surface area contributed by atoms with E-state index < -0.39 is 0 Å². The highest BCUT2D eigenvalue weighted by atomic mass is 35.5. The molecule has 0 spiro atoms. The normalized spacial score (nSPS) is 8.93. The van der Waals surface area contributed by atoms with Crippen molar-refractivity contribution in [3.8, 4) is 11.8 Å². The van der Waals surface area contributed by atoms with Crippen LogP contribution in [0.4, 0.5) is 0 Å². The Balaban J connectivity index is 2.87. The lowest BCUT2D eigenvalue weighted by Crippen LogP contribution is -2.04. The van der Waals surface area contributed by atoms with E-state index in [2.05, 4.69) is 11.8 Å². The number of benzene rings is 1. The molecule has 0 aliphatic heterocycles. The molecule has 0 aromatic heterocycles. The highest BCUT2D eigenvalue weighted by Crippen LogP contribution is 2.05. The number of hydrogen-bond donors (Lipinski definition) is 0. The Kier molecular flexibility index (Phi) is 4.73. The number of esters is 1. The van der Waals surface area contributed by atoms with Crippen LogP contribution in [-0.4, -0.2) is 18.5 Å². The third-order valence-electron chi connectivity index (χ3n) is 1.67. The van der Waals surface area contributed by atoms with E-state index in [1.807, 2.05) is 6.07 Å². The number of alkyl halides is 1. The monoisotopic (exact) mass is 222 g/mol. The van der Waals surface area contributed by atoms with Crippen molar-refractivity contribution in [1.29, 1.82) is 0 Å². The van der Waals surface area contributed by atoms with Crippen molar-refractivity contribution in [1.82, 2.24) is 0 Å². The molecule has 15 heavy (non-hydrogen) atoms. The summed E-state index contributed by atoms with van der Waals surface area (Å²) in [4.78, 5) is 11.4. The number of carbonyl (C=O) groups excluding carboxylic acids is 1. The van der Waals surface area contributed by atoms with Crippen molar-refractivity contribution in [2.24, 2.45) is 0 Å². The van der Waals surface area contributed by atoms with Crippen LogP contribution in [0.15, 0.2) is 24.3 Å². The third-order valence-corrected chi connectivity index (χ3v) is 1.81. The van der Waals surface area contributed by atoms with Crippen LogP contribution in [0.25, 0.3) is 0 Å². The Morgan fingerprint density at radius 1 is 1.53 bits per heavy atom. The molecule has 1 rings (SSSR count). The molecule has 0 N–H and O–H groups in total. The van der Waals surface area contributed by atoms with E-state index in [0.29, 0.717) is 12.2 Å². The highest BCUT2D eigenvalue weighted by molar-refractivity contribution is 6.19. The predicted octanol–water partition coefficient (Wildman–Crippen LogP) is 2.45. The van der Waals surface area contributed by atoms with Gasteiger partial charge in [0.1, 0.15) is 0 Å². The first-order valence-corrected chi connectivity index (χ1v) is 5.13. The molecule has 0 bridgehead atoms. The van der Waals surface area contributed by atoms with Gasteiger partial charge in [0.2, 0.25) is 0 Å². The summed E-state index contributed by atoms with van der Waals surface area (Å²) in [7, 11) is 0. The van der Waals surface area contributed by atoms with Gasteiger partial charge in [0.05, 0.1) is 18.1 Å². The summed E-state index contributed by atoms with van der Waals surface area (Å²) in [5.41, 5.74) is 1.28. The summed E-state index contributed by atoms with van der Waals surface area (Å²) in [5.74, 6) is 5.52. The first-order valence-electron chi connectivity index (χ1n) is 4.60. The standard InChI is InChI=1S/C12H11ClO2/c1-2-15-12(14)11-7-3-5-10(9-11)6-4-8-13/h3,5,7,9H,2,8H2,1H3. The zero-order chi connectivity index (χ0) is 11.1. The second kappa shape index (κ2) is 6.10. The number of ether oxygens (including phenoxy) is 1. The fraction of sp³-hybridized carbons (Fsp3) is 0.250. The smallest absolute Gasteiger partial charge is 0.338 e. The van der Waals surface area contributed by atoms with Gasteiger partial charge >= 0.3 is 5.97 Å². The van der Waals surface area contributed by atoms with E-state index in [0.717, 1.165) is 5.56 Å². The molecule has 0 unspecified atom stereocenters. The first-order chi connectivity index (χ1) is 7.27. The molecule has 2 nitrogen and oxygen atoms in total. The highest BCUT2D eigenvalue weighted by Gasteiger charge is 2.05. The SMILES string of the molecule is CCOC(=O)c1cccc(C#CCCl)c1. The van der Waals surface area contributed by atoms with E-state index in [1.165, 1.54) is 0 Å². The fourth-order valence-corrected chi connectivity index (χ4v) is 1.14. The van der Waals surface area contributed by atoms with Crippen molar-refractivity contribution in [2.75, 3.05) is 12.5 Å². The Bertz CT molecular complexity index is 402. The third kappa shape index (κ3) is 3.65. The number of hydrogen-bond acceptors (Lipinski definition) is 2. The molecule has 0 amide bonds. The summed E-state index contributed by atoms with van der Waals surface area (Å²) in [6.45, 7) is 2.14. The number of halogens is 1. The minimum atomic E-state index is -0.327. The first kappa shape index (κ1) is 11.6. The van der Waals surface area contributed by atoms with Gasteiger partial charge in [-0.25, -0.2) is 4.79 Å². The molecule has 0 aliphatic rings. The maximum Gasteiger partial charge on any atom is 0.338 e. The van der Waals surface area contributed by atoms with Crippen LogP contribution in [0.3, 0.4) is 0 Å².